The van der Waals surface area contributed by atoms with Crippen LogP contribution in [0.4, 0.5) is 5.69 Å². The number of aromatic amines is 1. The molecule has 0 fully saturated rings. The molecule has 0 aliphatic carbocycles. The van der Waals surface area contributed by atoms with Gasteiger partial charge in [0, 0.05) is 6.20 Å². The van der Waals surface area contributed by atoms with Crippen molar-refractivity contribution >= 4 is 16.5 Å². The van der Waals surface area contributed by atoms with Crippen LogP contribution in [0.5, 0.6) is 0 Å². The first-order valence-electron chi connectivity index (χ1n) is 11.0. The van der Waals surface area contributed by atoms with Gasteiger partial charge in [0.2, 0.25) is 0 Å². The molecule has 0 spiro atoms. The lowest BCUT2D eigenvalue weighted by molar-refractivity contribution is -0.384. The highest BCUT2D eigenvalue weighted by molar-refractivity contribution is 5.98. The lowest BCUT2D eigenvalue weighted by Crippen LogP contribution is -2.10. The Labute approximate surface area is 191 Å². The highest BCUT2D eigenvalue weighted by Gasteiger charge is 2.24. The van der Waals surface area contributed by atoms with Gasteiger partial charge in [-0.1, -0.05) is 72.3 Å². The van der Waals surface area contributed by atoms with E-state index in [-0.39, 0.29) is 16.7 Å². The molecule has 2 aromatic heterocycles. The van der Waals surface area contributed by atoms with Gasteiger partial charge in [-0.2, -0.15) is 0 Å². The van der Waals surface area contributed by atoms with Crippen LogP contribution >= 0.6 is 0 Å². The van der Waals surface area contributed by atoms with Crippen LogP contribution in [0.1, 0.15) is 29.3 Å². The molecule has 5 aromatic rings. The summed E-state index contributed by atoms with van der Waals surface area (Å²) in [5.41, 5.74) is 4.98. The van der Waals surface area contributed by atoms with Gasteiger partial charge in [-0.3, -0.25) is 10.1 Å². The van der Waals surface area contributed by atoms with E-state index >= 15 is 0 Å². The summed E-state index contributed by atoms with van der Waals surface area (Å²) < 4.78 is 1.96. The van der Waals surface area contributed by atoms with Crippen LogP contribution in [-0.2, 0) is 6.42 Å². The molecular formula is C27H24N4O2. The zero-order chi connectivity index (χ0) is 22.8. The maximum Gasteiger partial charge on any atom is 0.294 e. The third-order valence-corrected chi connectivity index (χ3v) is 6.17. The lowest BCUT2D eigenvalue weighted by atomic mass is 9.99. The van der Waals surface area contributed by atoms with Crippen LogP contribution in [0, 0.1) is 17.0 Å². The number of aryl methyl sites for hydroxylation is 2. The van der Waals surface area contributed by atoms with E-state index in [2.05, 4.69) is 41.2 Å². The summed E-state index contributed by atoms with van der Waals surface area (Å²) in [5.74, 6) is 0. The van der Waals surface area contributed by atoms with E-state index in [0.29, 0.717) is 5.56 Å². The van der Waals surface area contributed by atoms with E-state index in [4.69, 9.17) is 0 Å². The van der Waals surface area contributed by atoms with Crippen molar-refractivity contribution < 1.29 is 4.92 Å². The van der Waals surface area contributed by atoms with Crippen molar-refractivity contribution in [1.29, 1.82) is 0 Å². The van der Waals surface area contributed by atoms with Crippen molar-refractivity contribution in [3.63, 3.8) is 0 Å². The van der Waals surface area contributed by atoms with Gasteiger partial charge in [-0.05, 0) is 41.7 Å². The van der Waals surface area contributed by atoms with Gasteiger partial charge in [-0.15, -0.1) is 0 Å². The number of hydrogen-bond donors (Lipinski definition) is 1. The van der Waals surface area contributed by atoms with Crippen LogP contribution in [0.15, 0.2) is 91.6 Å². The quantitative estimate of drug-likeness (QED) is 0.235. The number of rotatable bonds is 7. The summed E-state index contributed by atoms with van der Waals surface area (Å²) in [6.45, 7) is 2.07. The smallest absolute Gasteiger partial charge is 0.294 e. The highest BCUT2D eigenvalue weighted by Crippen LogP contribution is 2.38. The second-order valence-corrected chi connectivity index (χ2v) is 8.34. The topological polar surface area (TPSA) is 76.8 Å². The van der Waals surface area contributed by atoms with Crippen LogP contribution < -0.4 is 0 Å². The zero-order valence-corrected chi connectivity index (χ0v) is 18.3. The average molecular weight is 437 g/mol. The standard InChI is InChI=1S/C27H24N4O2/c1-19-9-11-20(12-10-19)13-14-26(25-15-28-18-29-25)30-16-24(27(17-30)31(32)33)23-8-4-6-21-5-2-3-7-22(21)23/h2-12,15-18,26H,13-14H2,1H3,(H,28,29). The molecule has 6 nitrogen and oxygen atoms in total. The van der Waals surface area contributed by atoms with Crippen LogP contribution in [-0.4, -0.2) is 19.5 Å². The van der Waals surface area contributed by atoms with E-state index in [1.54, 1.807) is 18.7 Å². The van der Waals surface area contributed by atoms with E-state index < -0.39 is 0 Å². The summed E-state index contributed by atoms with van der Waals surface area (Å²) >= 11 is 0. The molecule has 164 valence electrons. The summed E-state index contributed by atoms with van der Waals surface area (Å²) in [7, 11) is 0. The first-order valence-corrected chi connectivity index (χ1v) is 11.0. The Hall–Kier alpha value is -4.19. The van der Waals surface area contributed by atoms with Crippen molar-refractivity contribution in [1.82, 2.24) is 14.5 Å². The molecule has 1 unspecified atom stereocenters. The number of nitrogens with one attached hydrogen (secondary N) is 1. The third kappa shape index (κ3) is 4.15. The van der Waals surface area contributed by atoms with Gasteiger partial charge < -0.3 is 9.55 Å². The molecule has 0 bridgehead atoms. The van der Waals surface area contributed by atoms with Crippen molar-refractivity contribution in [3.8, 4) is 11.1 Å². The molecule has 0 aliphatic rings. The second kappa shape index (κ2) is 8.74. The minimum atomic E-state index is -0.294. The number of fused-ring (bicyclic) bond motifs is 1. The SMILES string of the molecule is Cc1ccc(CCC(c2cnc[nH]2)n2cc(-c3cccc4ccccc34)c([N+](=O)[O-])c2)cc1. The molecule has 3 aromatic carbocycles. The number of H-pyrrole nitrogens is 1. The van der Waals surface area contributed by atoms with Crippen molar-refractivity contribution in [2.75, 3.05) is 0 Å². The average Bonchev–Trinajstić information content (AvgIpc) is 3.51. The molecule has 5 rings (SSSR count). The number of hydrogen-bond acceptors (Lipinski definition) is 3. The Morgan fingerprint density at radius 2 is 1.79 bits per heavy atom. The Kier molecular flexibility index (Phi) is 5.48. The maximum atomic E-state index is 12.0. The number of aromatic nitrogens is 3. The summed E-state index contributed by atoms with van der Waals surface area (Å²) in [6.07, 6.45) is 8.63. The second-order valence-electron chi connectivity index (χ2n) is 8.34. The Bertz CT molecular complexity index is 1400. The third-order valence-electron chi connectivity index (χ3n) is 6.17. The lowest BCUT2D eigenvalue weighted by Gasteiger charge is -2.17. The Morgan fingerprint density at radius 3 is 2.55 bits per heavy atom. The molecule has 0 saturated carbocycles. The van der Waals surface area contributed by atoms with E-state index in [1.165, 1.54) is 11.1 Å². The molecule has 1 atom stereocenters. The van der Waals surface area contributed by atoms with E-state index in [1.807, 2.05) is 53.2 Å². The normalized spacial score (nSPS) is 12.2. The molecule has 0 amide bonds. The predicted octanol–water partition coefficient (Wildman–Crippen LogP) is 6.47. The van der Waals surface area contributed by atoms with Gasteiger partial charge in [0.1, 0.15) is 0 Å². The van der Waals surface area contributed by atoms with Gasteiger partial charge in [0.15, 0.2) is 0 Å². The fourth-order valence-corrected chi connectivity index (χ4v) is 4.43. The number of imidazole rings is 1. The minimum Gasteiger partial charge on any atom is -0.347 e. The van der Waals surface area contributed by atoms with Crippen LogP contribution in [0.3, 0.4) is 0 Å². The van der Waals surface area contributed by atoms with Crippen molar-refractivity contribution in [2.45, 2.75) is 25.8 Å². The molecule has 0 aliphatic heterocycles. The maximum absolute atomic E-state index is 12.0. The van der Waals surface area contributed by atoms with Crippen LogP contribution in [0.25, 0.3) is 21.9 Å². The van der Waals surface area contributed by atoms with Gasteiger partial charge >= 0.3 is 0 Å². The molecular weight excluding hydrogens is 412 g/mol. The van der Waals surface area contributed by atoms with Crippen LogP contribution in [0.2, 0.25) is 0 Å². The predicted molar refractivity (Wildman–Crippen MR) is 130 cm³/mol. The summed E-state index contributed by atoms with van der Waals surface area (Å²) in [5, 5.41) is 14.1. The monoisotopic (exact) mass is 436 g/mol. The molecule has 0 saturated heterocycles. The summed E-state index contributed by atoms with van der Waals surface area (Å²) in [4.78, 5) is 19.1. The fraction of sp³-hybridized carbons (Fsp3) is 0.148. The molecule has 2 heterocycles. The largest absolute Gasteiger partial charge is 0.347 e. The van der Waals surface area contributed by atoms with Crippen molar-refractivity contribution in [3.05, 3.63) is 119 Å². The number of nitro groups is 1. The first-order chi connectivity index (χ1) is 16.1. The molecule has 1 N–H and O–H groups in total. The van der Waals surface area contributed by atoms with Gasteiger partial charge in [0.25, 0.3) is 5.69 Å². The van der Waals surface area contributed by atoms with E-state index in [0.717, 1.165) is 34.9 Å². The molecule has 0 radical (unpaired) electrons. The van der Waals surface area contributed by atoms with E-state index in [9.17, 15) is 10.1 Å². The Balaban J connectivity index is 1.57. The van der Waals surface area contributed by atoms with Gasteiger partial charge in [-0.25, -0.2) is 4.98 Å². The number of nitrogens with zero attached hydrogens (tertiary/aromatic N) is 3. The minimum absolute atomic E-state index is 0.101. The molecule has 33 heavy (non-hydrogen) atoms. The fourth-order valence-electron chi connectivity index (χ4n) is 4.43. The Morgan fingerprint density at radius 1 is 1.00 bits per heavy atom. The number of benzene rings is 3. The zero-order valence-electron chi connectivity index (χ0n) is 18.3. The highest BCUT2D eigenvalue weighted by atomic mass is 16.6. The van der Waals surface area contributed by atoms with Crippen molar-refractivity contribution in [2.24, 2.45) is 0 Å². The first kappa shape index (κ1) is 20.7. The van der Waals surface area contributed by atoms with Gasteiger partial charge in [0.05, 0.1) is 40.9 Å². The summed E-state index contributed by atoms with van der Waals surface area (Å²) in [6, 6.07) is 22.3. The molecule has 6 heteroatoms.